The van der Waals surface area contributed by atoms with Gasteiger partial charge in [-0.15, -0.1) is 12.4 Å². The van der Waals surface area contributed by atoms with E-state index in [0.717, 1.165) is 30.4 Å². The maximum Gasteiger partial charge on any atom is 0.275 e. The number of aromatic nitrogens is 2. The van der Waals surface area contributed by atoms with Crippen LogP contribution in [0.4, 0.5) is 0 Å². The highest BCUT2D eigenvalue weighted by molar-refractivity contribution is 6.04. The van der Waals surface area contributed by atoms with Crippen molar-refractivity contribution in [1.82, 2.24) is 20.4 Å². The second kappa shape index (κ2) is 5.66. The molecule has 2 aliphatic heterocycles. The van der Waals surface area contributed by atoms with Crippen molar-refractivity contribution in [2.45, 2.75) is 31.3 Å². The molecule has 2 atom stereocenters. The number of nitrogens with zero attached hydrogens (tertiary/aromatic N) is 2. The van der Waals surface area contributed by atoms with Crippen LogP contribution in [-0.4, -0.2) is 46.2 Å². The molecule has 0 radical (unpaired) electrons. The number of hydrogen-bond donors (Lipinski definition) is 2. The number of benzene rings is 1. The van der Waals surface area contributed by atoms with Crippen LogP contribution in [0.5, 0.6) is 0 Å². The lowest BCUT2D eigenvalue weighted by Gasteiger charge is -2.23. The van der Waals surface area contributed by atoms with E-state index in [9.17, 15) is 4.79 Å². The third-order valence-corrected chi connectivity index (χ3v) is 4.48. The Bertz CT molecular complexity index is 656. The summed E-state index contributed by atoms with van der Waals surface area (Å²) in [5, 5.41) is 11.7. The van der Waals surface area contributed by atoms with E-state index in [-0.39, 0.29) is 18.3 Å². The summed E-state index contributed by atoms with van der Waals surface area (Å²) in [6.07, 6.45) is 3.47. The Balaban J connectivity index is 0.00000132. The van der Waals surface area contributed by atoms with Crippen molar-refractivity contribution in [1.29, 1.82) is 0 Å². The van der Waals surface area contributed by atoms with Gasteiger partial charge < -0.3 is 10.2 Å². The molecule has 2 fully saturated rings. The lowest BCUT2D eigenvalue weighted by molar-refractivity contribution is 0.0744. The Kier molecular flexibility index (Phi) is 3.87. The number of aromatic amines is 1. The molecule has 112 valence electrons. The highest BCUT2D eigenvalue weighted by Crippen LogP contribution is 2.23. The van der Waals surface area contributed by atoms with E-state index >= 15 is 0 Å². The fourth-order valence-corrected chi connectivity index (χ4v) is 3.40. The number of carbonyl (C=O) groups excluding carboxylic acids is 1. The summed E-state index contributed by atoms with van der Waals surface area (Å²) >= 11 is 0. The average Bonchev–Trinajstić information content (AvgIpc) is 3.01. The molecule has 1 aromatic heterocycles. The van der Waals surface area contributed by atoms with Gasteiger partial charge in [-0.05, 0) is 25.3 Å². The van der Waals surface area contributed by atoms with Gasteiger partial charge in [-0.25, -0.2) is 0 Å². The van der Waals surface area contributed by atoms with Gasteiger partial charge in [0, 0.05) is 30.6 Å². The lowest BCUT2D eigenvalue weighted by atomic mass is 10.1. The summed E-state index contributed by atoms with van der Waals surface area (Å²) in [5.74, 6) is 0.0526. The lowest BCUT2D eigenvalue weighted by Crippen LogP contribution is -2.39. The fraction of sp³-hybridized carbons (Fsp3) is 0.467. The Labute approximate surface area is 129 Å². The fourth-order valence-electron chi connectivity index (χ4n) is 3.40. The molecule has 5 nitrogen and oxygen atoms in total. The zero-order valence-electron chi connectivity index (χ0n) is 11.7. The third kappa shape index (κ3) is 2.51. The highest BCUT2D eigenvalue weighted by Gasteiger charge is 2.32. The molecular formula is C15H19ClN4O. The number of hydrogen-bond acceptors (Lipinski definition) is 3. The second-order valence-corrected chi connectivity index (χ2v) is 5.80. The van der Waals surface area contributed by atoms with Crippen LogP contribution in [-0.2, 0) is 0 Å². The number of amides is 1. The van der Waals surface area contributed by atoms with E-state index < -0.39 is 0 Å². The average molecular weight is 307 g/mol. The van der Waals surface area contributed by atoms with Gasteiger partial charge in [0.1, 0.15) is 0 Å². The summed E-state index contributed by atoms with van der Waals surface area (Å²) < 4.78 is 0. The number of H-pyrrole nitrogens is 1. The first-order valence-corrected chi connectivity index (χ1v) is 7.30. The summed E-state index contributed by atoms with van der Waals surface area (Å²) in [6.45, 7) is 1.63. The summed E-state index contributed by atoms with van der Waals surface area (Å²) in [4.78, 5) is 14.7. The summed E-state index contributed by atoms with van der Waals surface area (Å²) in [6, 6.07) is 8.84. The van der Waals surface area contributed by atoms with Gasteiger partial charge in [0.2, 0.25) is 0 Å². The minimum Gasteiger partial charge on any atom is -0.336 e. The van der Waals surface area contributed by atoms with Gasteiger partial charge in [0.15, 0.2) is 5.69 Å². The van der Waals surface area contributed by atoms with E-state index in [0.29, 0.717) is 17.8 Å². The molecule has 0 spiro atoms. The number of fused-ring (bicyclic) bond motifs is 3. The van der Waals surface area contributed by atoms with Crippen LogP contribution in [0, 0.1) is 0 Å². The zero-order valence-corrected chi connectivity index (χ0v) is 12.5. The molecule has 0 saturated carbocycles. The topological polar surface area (TPSA) is 61.0 Å². The predicted octanol–water partition coefficient (Wildman–Crippen LogP) is 1.95. The van der Waals surface area contributed by atoms with Gasteiger partial charge in [-0.1, -0.05) is 18.2 Å². The first kappa shape index (κ1) is 14.4. The van der Waals surface area contributed by atoms with E-state index in [1.165, 1.54) is 12.8 Å². The van der Waals surface area contributed by atoms with Crippen LogP contribution in [0.2, 0.25) is 0 Å². The quantitative estimate of drug-likeness (QED) is 0.846. The number of halogens is 1. The number of likely N-dealkylation sites (tertiary alicyclic amines) is 1. The van der Waals surface area contributed by atoms with Crippen LogP contribution in [0.1, 0.15) is 29.8 Å². The number of nitrogens with one attached hydrogen (secondary N) is 2. The van der Waals surface area contributed by atoms with E-state index in [1.807, 2.05) is 29.2 Å². The molecule has 1 amide bonds. The Morgan fingerprint density at radius 2 is 2.00 bits per heavy atom. The number of para-hydroxylation sites is 1. The van der Waals surface area contributed by atoms with Crippen molar-refractivity contribution in [2.24, 2.45) is 0 Å². The predicted molar refractivity (Wildman–Crippen MR) is 83.8 cm³/mol. The minimum absolute atomic E-state index is 0. The van der Waals surface area contributed by atoms with Crippen molar-refractivity contribution in [3.8, 4) is 0 Å². The molecule has 3 heterocycles. The molecule has 2 bridgehead atoms. The Hall–Kier alpha value is -1.59. The third-order valence-electron chi connectivity index (χ3n) is 4.48. The van der Waals surface area contributed by atoms with Crippen LogP contribution in [0.3, 0.4) is 0 Å². The van der Waals surface area contributed by atoms with E-state index in [2.05, 4.69) is 15.5 Å². The highest BCUT2D eigenvalue weighted by atomic mass is 35.5. The molecule has 6 heteroatoms. The van der Waals surface area contributed by atoms with Gasteiger partial charge in [0.25, 0.3) is 5.91 Å². The molecule has 2 aliphatic rings. The Morgan fingerprint density at radius 3 is 2.90 bits per heavy atom. The van der Waals surface area contributed by atoms with Crippen LogP contribution in [0.25, 0.3) is 10.9 Å². The standard InChI is InChI=1S/C15H18N4O.ClH/c20-15(14-12-3-1-2-4-13(12)17-18-14)19-8-7-10-5-6-11(9-19)16-10;/h1-4,10-11,16H,5-9H2,(H,17,18);1H. The largest absolute Gasteiger partial charge is 0.336 e. The smallest absolute Gasteiger partial charge is 0.275 e. The molecule has 2 saturated heterocycles. The molecule has 2 unspecified atom stereocenters. The van der Waals surface area contributed by atoms with E-state index in [4.69, 9.17) is 0 Å². The van der Waals surface area contributed by atoms with Crippen LogP contribution >= 0.6 is 12.4 Å². The maximum atomic E-state index is 12.7. The van der Waals surface area contributed by atoms with Crippen molar-refractivity contribution >= 4 is 29.2 Å². The van der Waals surface area contributed by atoms with Crippen molar-refractivity contribution in [3.63, 3.8) is 0 Å². The Morgan fingerprint density at radius 1 is 1.19 bits per heavy atom. The maximum absolute atomic E-state index is 12.7. The van der Waals surface area contributed by atoms with Crippen molar-refractivity contribution in [3.05, 3.63) is 30.0 Å². The molecule has 1 aromatic carbocycles. The number of carbonyl (C=O) groups is 1. The molecule has 21 heavy (non-hydrogen) atoms. The normalized spacial score (nSPS) is 24.7. The second-order valence-electron chi connectivity index (χ2n) is 5.80. The molecule has 0 aliphatic carbocycles. The first-order chi connectivity index (χ1) is 9.81. The molecule has 2 aromatic rings. The van der Waals surface area contributed by atoms with Crippen molar-refractivity contribution in [2.75, 3.05) is 13.1 Å². The van der Waals surface area contributed by atoms with Gasteiger partial charge in [0.05, 0.1) is 5.52 Å². The van der Waals surface area contributed by atoms with Gasteiger partial charge in [-0.3, -0.25) is 9.89 Å². The molecular weight excluding hydrogens is 288 g/mol. The summed E-state index contributed by atoms with van der Waals surface area (Å²) in [7, 11) is 0. The minimum atomic E-state index is 0. The van der Waals surface area contributed by atoms with Crippen LogP contribution < -0.4 is 5.32 Å². The van der Waals surface area contributed by atoms with Crippen molar-refractivity contribution < 1.29 is 4.79 Å². The summed E-state index contributed by atoms with van der Waals surface area (Å²) in [5.41, 5.74) is 1.48. The molecule has 4 rings (SSSR count). The monoisotopic (exact) mass is 306 g/mol. The first-order valence-electron chi connectivity index (χ1n) is 7.30. The number of rotatable bonds is 1. The zero-order chi connectivity index (χ0) is 13.5. The SMILES string of the molecule is Cl.O=C(c1n[nH]c2ccccc12)N1CCC2CCC(C1)N2. The van der Waals surface area contributed by atoms with E-state index in [1.54, 1.807) is 0 Å². The van der Waals surface area contributed by atoms with Gasteiger partial charge >= 0.3 is 0 Å². The van der Waals surface area contributed by atoms with Gasteiger partial charge in [-0.2, -0.15) is 5.10 Å². The van der Waals surface area contributed by atoms with Crippen LogP contribution in [0.15, 0.2) is 24.3 Å². The molecule has 2 N–H and O–H groups in total.